The van der Waals surface area contributed by atoms with Crippen LogP contribution < -0.4 is 5.32 Å². The maximum atomic E-state index is 13.9. The zero-order valence-corrected chi connectivity index (χ0v) is 22.0. The van der Waals surface area contributed by atoms with Crippen LogP contribution in [-0.4, -0.2) is 29.3 Å². The topological polar surface area (TPSA) is 49.4 Å². The number of amides is 2. The van der Waals surface area contributed by atoms with Crippen LogP contribution in [0.15, 0.2) is 66.7 Å². The van der Waals surface area contributed by atoms with E-state index in [4.69, 9.17) is 23.2 Å². The molecule has 0 aliphatic rings. The molecular formula is C29H32Cl2N2O2. The first-order chi connectivity index (χ1) is 16.8. The van der Waals surface area contributed by atoms with Crippen LogP contribution in [0.2, 0.25) is 10.0 Å². The molecule has 0 fully saturated rings. The monoisotopic (exact) mass is 510 g/mol. The lowest BCUT2D eigenvalue weighted by molar-refractivity contribution is -0.140. The number of halogens is 2. The maximum absolute atomic E-state index is 13.9. The van der Waals surface area contributed by atoms with Gasteiger partial charge in [-0.15, -0.1) is 0 Å². The molecule has 0 heterocycles. The van der Waals surface area contributed by atoms with Crippen molar-refractivity contribution in [3.63, 3.8) is 0 Å². The van der Waals surface area contributed by atoms with E-state index in [0.717, 1.165) is 28.7 Å². The molecule has 0 radical (unpaired) electrons. The molecular weight excluding hydrogens is 479 g/mol. The number of nitrogens with zero attached hydrogens (tertiary/aromatic N) is 1. The predicted octanol–water partition coefficient (Wildman–Crippen LogP) is 6.32. The van der Waals surface area contributed by atoms with Crippen LogP contribution in [0, 0.1) is 13.8 Å². The number of carbonyl (C=O) groups is 2. The Labute approximate surface area is 218 Å². The van der Waals surface area contributed by atoms with Crippen LogP contribution >= 0.6 is 23.2 Å². The summed E-state index contributed by atoms with van der Waals surface area (Å²) < 4.78 is 0. The fraction of sp³-hybridized carbons (Fsp3) is 0.310. The van der Waals surface area contributed by atoms with Crippen molar-refractivity contribution in [3.8, 4) is 0 Å². The predicted molar refractivity (Wildman–Crippen MR) is 144 cm³/mol. The molecule has 0 spiro atoms. The lowest BCUT2D eigenvalue weighted by Gasteiger charge is -2.32. The molecule has 2 amide bonds. The van der Waals surface area contributed by atoms with Crippen molar-refractivity contribution in [2.45, 2.75) is 52.6 Å². The SMILES string of the molecule is CCCNC(=O)C(Cc1ccccc1)N(Cc1c(Cl)cccc1Cl)C(=O)Cc1cc(C)ccc1C. The molecule has 0 saturated heterocycles. The summed E-state index contributed by atoms with van der Waals surface area (Å²) in [5.74, 6) is -0.338. The van der Waals surface area contributed by atoms with Crippen molar-refractivity contribution in [1.82, 2.24) is 10.2 Å². The summed E-state index contributed by atoms with van der Waals surface area (Å²) in [5, 5.41) is 3.92. The standard InChI is InChI=1S/C29H32Cl2N2O2/c1-4-15-32-29(35)27(17-22-9-6-5-7-10-22)33(19-24-25(30)11-8-12-26(24)31)28(34)18-23-16-20(2)13-14-21(23)3/h5-14,16,27H,4,15,17-19H2,1-3H3,(H,32,35). The first kappa shape index (κ1) is 26.8. The smallest absolute Gasteiger partial charge is 0.243 e. The highest BCUT2D eigenvalue weighted by molar-refractivity contribution is 6.36. The summed E-state index contributed by atoms with van der Waals surface area (Å²) in [4.78, 5) is 28.9. The van der Waals surface area contributed by atoms with Crippen molar-refractivity contribution in [2.75, 3.05) is 6.54 Å². The molecule has 1 unspecified atom stereocenters. The summed E-state index contributed by atoms with van der Waals surface area (Å²) in [6.45, 7) is 6.67. The third-order valence-corrected chi connectivity index (χ3v) is 6.77. The number of benzene rings is 3. The zero-order valence-electron chi connectivity index (χ0n) is 20.5. The van der Waals surface area contributed by atoms with Gasteiger partial charge in [-0.3, -0.25) is 9.59 Å². The zero-order chi connectivity index (χ0) is 25.4. The van der Waals surface area contributed by atoms with Gasteiger partial charge in [0.15, 0.2) is 0 Å². The summed E-state index contributed by atoms with van der Waals surface area (Å²) in [6, 6.07) is 20.4. The summed E-state index contributed by atoms with van der Waals surface area (Å²) in [7, 11) is 0. The second-order valence-corrected chi connectivity index (χ2v) is 9.64. The van der Waals surface area contributed by atoms with Gasteiger partial charge in [0.25, 0.3) is 0 Å². The van der Waals surface area contributed by atoms with Crippen LogP contribution in [0.5, 0.6) is 0 Å². The van der Waals surface area contributed by atoms with Crippen LogP contribution in [0.25, 0.3) is 0 Å². The quantitative estimate of drug-likeness (QED) is 0.346. The molecule has 0 aliphatic carbocycles. The van der Waals surface area contributed by atoms with Crippen LogP contribution in [0.3, 0.4) is 0 Å². The minimum absolute atomic E-state index is 0.138. The van der Waals surface area contributed by atoms with E-state index in [-0.39, 0.29) is 24.8 Å². The van der Waals surface area contributed by atoms with Gasteiger partial charge in [-0.2, -0.15) is 0 Å². The Morgan fingerprint density at radius 2 is 1.63 bits per heavy atom. The first-order valence-corrected chi connectivity index (χ1v) is 12.7. The number of hydrogen-bond acceptors (Lipinski definition) is 2. The lowest BCUT2D eigenvalue weighted by Crippen LogP contribution is -2.51. The molecule has 0 aromatic heterocycles. The Hall–Kier alpha value is -2.82. The molecule has 4 nitrogen and oxygen atoms in total. The number of carbonyl (C=O) groups excluding carboxylic acids is 2. The lowest BCUT2D eigenvalue weighted by atomic mass is 9.99. The van der Waals surface area contributed by atoms with Crippen LogP contribution in [0.4, 0.5) is 0 Å². The van der Waals surface area contributed by atoms with Gasteiger partial charge >= 0.3 is 0 Å². The third kappa shape index (κ3) is 7.33. The molecule has 184 valence electrons. The second kappa shape index (κ2) is 12.8. The molecule has 0 aliphatic heterocycles. The molecule has 3 rings (SSSR count). The van der Waals surface area contributed by atoms with Crippen LogP contribution in [-0.2, 0) is 29.0 Å². The van der Waals surface area contributed by atoms with Gasteiger partial charge in [-0.1, -0.05) is 90.3 Å². The van der Waals surface area contributed by atoms with Crippen LogP contribution in [0.1, 0.15) is 41.2 Å². The largest absolute Gasteiger partial charge is 0.354 e. The minimum Gasteiger partial charge on any atom is -0.354 e. The van der Waals surface area contributed by atoms with Gasteiger partial charge in [-0.05, 0) is 49.1 Å². The van der Waals surface area contributed by atoms with Gasteiger partial charge in [0.05, 0.1) is 6.42 Å². The highest BCUT2D eigenvalue weighted by Crippen LogP contribution is 2.28. The maximum Gasteiger partial charge on any atom is 0.243 e. The number of aryl methyl sites for hydroxylation is 2. The second-order valence-electron chi connectivity index (χ2n) is 8.83. The Morgan fingerprint density at radius 3 is 2.29 bits per heavy atom. The van der Waals surface area contributed by atoms with E-state index in [0.29, 0.717) is 28.6 Å². The van der Waals surface area contributed by atoms with E-state index < -0.39 is 6.04 Å². The number of hydrogen-bond donors (Lipinski definition) is 1. The highest BCUT2D eigenvalue weighted by atomic mass is 35.5. The van der Waals surface area contributed by atoms with E-state index in [9.17, 15) is 9.59 Å². The van der Waals surface area contributed by atoms with Gasteiger partial charge < -0.3 is 10.2 Å². The fourth-order valence-electron chi connectivity index (χ4n) is 4.03. The van der Waals surface area contributed by atoms with E-state index in [1.807, 2.05) is 69.3 Å². The van der Waals surface area contributed by atoms with Gasteiger partial charge in [-0.25, -0.2) is 0 Å². The fourth-order valence-corrected chi connectivity index (χ4v) is 4.55. The van der Waals surface area contributed by atoms with E-state index in [2.05, 4.69) is 5.32 Å². The highest BCUT2D eigenvalue weighted by Gasteiger charge is 2.31. The Kier molecular flexibility index (Phi) is 9.76. The summed E-state index contributed by atoms with van der Waals surface area (Å²) >= 11 is 13.0. The van der Waals surface area contributed by atoms with E-state index in [1.54, 1.807) is 23.1 Å². The Bertz CT molecular complexity index is 1140. The Balaban J connectivity index is 2.03. The van der Waals surface area contributed by atoms with E-state index >= 15 is 0 Å². The van der Waals surface area contributed by atoms with Crippen molar-refractivity contribution >= 4 is 35.0 Å². The van der Waals surface area contributed by atoms with Gasteiger partial charge in [0.2, 0.25) is 11.8 Å². The molecule has 6 heteroatoms. The van der Waals surface area contributed by atoms with Crippen molar-refractivity contribution in [1.29, 1.82) is 0 Å². The minimum atomic E-state index is -0.714. The molecule has 1 N–H and O–H groups in total. The molecule has 3 aromatic carbocycles. The number of nitrogens with one attached hydrogen (secondary N) is 1. The summed E-state index contributed by atoms with van der Waals surface area (Å²) in [5.41, 5.74) is 4.67. The van der Waals surface area contributed by atoms with Crippen molar-refractivity contribution in [2.24, 2.45) is 0 Å². The van der Waals surface area contributed by atoms with Crippen molar-refractivity contribution in [3.05, 3.63) is 105 Å². The molecule has 0 bridgehead atoms. The van der Waals surface area contributed by atoms with Gasteiger partial charge in [0.1, 0.15) is 6.04 Å². The molecule has 3 aromatic rings. The molecule has 0 saturated carbocycles. The Morgan fingerprint density at radius 1 is 0.943 bits per heavy atom. The van der Waals surface area contributed by atoms with E-state index in [1.165, 1.54) is 0 Å². The third-order valence-electron chi connectivity index (χ3n) is 6.06. The average Bonchev–Trinajstić information content (AvgIpc) is 2.84. The van der Waals surface area contributed by atoms with Gasteiger partial charge in [0, 0.05) is 35.1 Å². The van der Waals surface area contributed by atoms with Crippen molar-refractivity contribution < 1.29 is 9.59 Å². The summed E-state index contributed by atoms with van der Waals surface area (Å²) in [6.07, 6.45) is 1.37. The molecule has 1 atom stereocenters. The normalized spacial score (nSPS) is 11.7. The first-order valence-electron chi connectivity index (χ1n) is 11.9. The molecule has 35 heavy (non-hydrogen) atoms. The number of rotatable bonds is 10. The average molecular weight is 511 g/mol.